The second kappa shape index (κ2) is 7.12. The Kier molecular flexibility index (Phi) is 4.74. The SMILES string of the molecule is NC(=O)C(Cc1ccc(F)cc1)OC(=O)Cc1c[nH]c2ncccc12. The zero-order valence-electron chi connectivity index (χ0n) is 13.2. The number of ether oxygens (including phenoxy) is 1. The van der Waals surface area contributed by atoms with Crippen LogP contribution in [0.15, 0.2) is 48.8 Å². The first-order chi connectivity index (χ1) is 12.0. The lowest BCUT2D eigenvalue weighted by Crippen LogP contribution is -2.35. The van der Waals surface area contributed by atoms with Gasteiger partial charge in [0.15, 0.2) is 6.10 Å². The number of esters is 1. The fraction of sp³-hybridized carbons (Fsp3) is 0.167. The molecular formula is C18H16FN3O3. The number of fused-ring (bicyclic) bond motifs is 1. The summed E-state index contributed by atoms with van der Waals surface area (Å²) in [6, 6.07) is 9.19. The van der Waals surface area contributed by atoms with E-state index in [-0.39, 0.29) is 18.7 Å². The molecule has 0 spiro atoms. The summed E-state index contributed by atoms with van der Waals surface area (Å²) < 4.78 is 18.2. The van der Waals surface area contributed by atoms with Crippen molar-refractivity contribution >= 4 is 22.9 Å². The lowest BCUT2D eigenvalue weighted by atomic mass is 10.1. The fourth-order valence-corrected chi connectivity index (χ4v) is 2.55. The number of pyridine rings is 1. The highest BCUT2D eigenvalue weighted by Crippen LogP contribution is 2.17. The second-order valence-corrected chi connectivity index (χ2v) is 5.60. The van der Waals surface area contributed by atoms with Crippen LogP contribution in [0.2, 0.25) is 0 Å². The first-order valence-electron chi connectivity index (χ1n) is 7.67. The Balaban J connectivity index is 1.68. The number of amides is 1. The molecule has 128 valence electrons. The van der Waals surface area contributed by atoms with Gasteiger partial charge in [-0.25, -0.2) is 9.37 Å². The third kappa shape index (κ3) is 4.00. The van der Waals surface area contributed by atoms with Gasteiger partial charge in [0.05, 0.1) is 6.42 Å². The Morgan fingerprint density at radius 1 is 1.24 bits per heavy atom. The highest BCUT2D eigenvalue weighted by atomic mass is 19.1. The summed E-state index contributed by atoms with van der Waals surface area (Å²) >= 11 is 0. The van der Waals surface area contributed by atoms with Gasteiger partial charge < -0.3 is 15.5 Å². The summed E-state index contributed by atoms with van der Waals surface area (Å²) in [7, 11) is 0. The number of carbonyl (C=O) groups excluding carboxylic acids is 2. The van der Waals surface area contributed by atoms with Crippen molar-refractivity contribution < 1.29 is 18.7 Å². The number of benzene rings is 1. The van der Waals surface area contributed by atoms with Gasteiger partial charge in [0.1, 0.15) is 11.5 Å². The first kappa shape index (κ1) is 16.6. The van der Waals surface area contributed by atoms with Crippen LogP contribution in [-0.4, -0.2) is 27.9 Å². The van der Waals surface area contributed by atoms with E-state index < -0.39 is 18.0 Å². The van der Waals surface area contributed by atoms with E-state index in [1.54, 1.807) is 18.5 Å². The maximum atomic E-state index is 12.9. The maximum Gasteiger partial charge on any atom is 0.311 e. The van der Waals surface area contributed by atoms with Gasteiger partial charge in [-0.2, -0.15) is 0 Å². The highest BCUT2D eigenvalue weighted by molar-refractivity contribution is 5.87. The van der Waals surface area contributed by atoms with Gasteiger partial charge in [0.25, 0.3) is 5.91 Å². The number of halogens is 1. The van der Waals surface area contributed by atoms with Crippen LogP contribution >= 0.6 is 0 Å². The van der Waals surface area contributed by atoms with Crippen molar-refractivity contribution in [1.82, 2.24) is 9.97 Å². The highest BCUT2D eigenvalue weighted by Gasteiger charge is 2.22. The molecule has 25 heavy (non-hydrogen) atoms. The normalized spacial score (nSPS) is 12.0. The number of nitrogens with two attached hydrogens (primary N) is 1. The van der Waals surface area contributed by atoms with Crippen LogP contribution in [0.5, 0.6) is 0 Å². The third-order valence-corrected chi connectivity index (χ3v) is 3.80. The Morgan fingerprint density at radius 2 is 2.00 bits per heavy atom. The van der Waals surface area contributed by atoms with Crippen molar-refractivity contribution in [2.45, 2.75) is 18.9 Å². The number of hydrogen-bond donors (Lipinski definition) is 2. The predicted octanol–water partition coefficient (Wildman–Crippen LogP) is 1.88. The molecule has 2 heterocycles. The molecule has 1 aromatic carbocycles. The van der Waals surface area contributed by atoms with E-state index in [1.807, 2.05) is 6.07 Å². The Labute approximate surface area is 142 Å². The van der Waals surface area contributed by atoms with E-state index in [4.69, 9.17) is 10.5 Å². The van der Waals surface area contributed by atoms with Crippen LogP contribution in [0.25, 0.3) is 11.0 Å². The molecule has 3 aromatic rings. The van der Waals surface area contributed by atoms with Crippen molar-refractivity contribution in [2.24, 2.45) is 5.73 Å². The lowest BCUT2D eigenvalue weighted by molar-refractivity contribution is -0.154. The van der Waals surface area contributed by atoms with Crippen LogP contribution in [0, 0.1) is 5.82 Å². The molecule has 0 bridgehead atoms. The number of aromatic nitrogens is 2. The smallest absolute Gasteiger partial charge is 0.311 e. The van der Waals surface area contributed by atoms with Gasteiger partial charge in [-0.1, -0.05) is 12.1 Å². The molecule has 7 heteroatoms. The Bertz CT molecular complexity index is 905. The summed E-state index contributed by atoms with van der Waals surface area (Å²) in [5.74, 6) is -1.71. The molecule has 2 aromatic heterocycles. The van der Waals surface area contributed by atoms with E-state index in [9.17, 15) is 14.0 Å². The molecule has 1 unspecified atom stereocenters. The lowest BCUT2D eigenvalue weighted by Gasteiger charge is -2.14. The van der Waals surface area contributed by atoms with Crippen LogP contribution < -0.4 is 5.73 Å². The number of nitrogens with zero attached hydrogens (tertiary/aromatic N) is 1. The number of H-pyrrole nitrogens is 1. The summed E-state index contributed by atoms with van der Waals surface area (Å²) in [5.41, 5.74) is 7.36. The number of nitrogens with one attached hydrogen (secondary N) is 1. The molecule has 0 fully saturated rings. The summed E-state index contributed by atoms with van der Waals surface area (Å²) in [5, 5.41) is 0.814. The van der Waals surface area contributed by atoms with E-state index >= 15 is 0 Å². The van der Waals surface area contributed by atoms with Crippen molar-refractivity contribution in [2.75, 3.05) is 0 Å². The second-order valence-electron chi connectivity index (χ2n) is 5.60. The fourth-order valence-electron chi connectivity index (χ4n) is 2.55. The predicted molar refractivity (Wildman–Crippen MR) is 89.0 cm³/mol. The first-order valence-corrected chi connectivity index (χ1v) is 7.67. The van der Waals surface area contributed by atoms with E-state index in [0.29, 0.717) is 11.2 Å². The largest absolute Gasteiger partial charge is 0.452 e. The van der Waals surface area contributed by atoms with Gasteiger partial charge in [-0.05, 0) is 35.4 Å². The number of rotatable bonds is 6. The molecule has 3 N–H and O–H groups in total. The molecule has 0 aliphatic carbocycles. The van der Waals surface area contributed by atoms with Gasteiger partial charge in [0, 0.05) is 24.2 Å². The van der Waals surface area contributed by atoms with Crippen molar-refractivity contribution in [3.63, 3.8) is 0 Å². The zero-order valence-corrected chi connectivity index (χ0v) is 13.2. The van der Waals surface area contributed by atoms with Crippen molar-refractivity contribution in [3.8, 4) is 0 Å². The van der Waals surface area contributed by atoms with E-state index in [2.05, 4.69) is 9.97 Å². The van der Waals surface area contributed by atoms with Crippen molar-refractivity contribution in [3.05, 3.63) is 65.7 Å². The molecule has 0 radical (unpaired) electrons. The van der Waals surface area contributed by atoms with Crippen LogP contribution in [0.1, 0.15) is 11.1 Å². The topological polar surface area (TPSA) is 98.1 Å². The monoisotopic (exact) mass is 341 g/mol. The maximum absolute atomic E-state index is 12.9. The van der Waals surface area contributed by atoms with Crippen LogP contribution in [0.4, 0.5) is 4.39 Å². The van der Waals surface area contributed by atoms with Gasteiger partial charge in [-0.3, -0.25) is 9.59 Å². The quantitative estimate of drug-likeness (QED) is 0.669. The minimum atomic E-state index is -1.11. The molecule has 0 aliphatic heterocycles. The van der Waals surface area contributed by atoms with Crippen LogP contribution in [0.3, 0.4) is 0 Å². The minimum absolute atomic E-state index is 0.0150. The number of carbonyl (C=O) groups is 2. The van der Waals surface area contributed by atoms with Gasteiger partial charge in [-0.15, -0.1) is 0 Å². The molecular weight excluding hydrogens is 325 g/mol. The number of primary amides is 1. The molecule has 3 rings (SSSR count). The average molecular weight is 341 g/mol. The standard InChI is InChI=1S/C18H16FN3O3/c19-13-5-3-11(4-6-13)8-15(17(20)24)25-16(23)9-12-10-22-18-14(12)2-1-7-21-18/h1-7,10,15H,8-9H2,(H2,20,24)(H,21,22). The number of hydrogen-bond acceptors (Lipinski definition) is 4. The van der Waals surface area contributed by atoms with E-state index in [0.717, 1.165) is 10.9 Å². The molecule has 0 aliphatic rings. The van der Waals surface area contributed by atoms with Gasteiger partial charge in [0.2, 0.25) is 0 Å². The molecule has 0 saturated heterocycles. The molecule has 6 nitrogen and oxygen atoms in total. The van der Waals surface area contributed by atoms with Gasteiger partial charge >= 0.3 is 5.97 Å². The third-order valence-electron chi connectivity index (χ3n) is 3.80. The summed E-state index contributed by atoms with van der Waals surface area (Å²) in [6.45, 7) is 0. The summed E-state index contributed by atoms with van der Waals surface area (Å²) in [6.07, 6.45) is 2.29. The minimum Gasteiger partial charge on any atom is -0.452 e. The number of aromatic amines is 1. The summed E-state index contributed by atoms with van der Waals surface area (Å²) in [4.78, 5) is 30.9. The van der Waals surface area contributed by atoms with Crippen LogP contribution in [-0.2, 0) is 27.2 Å². The Morgan fingerprint density at radius 3 is 2.72 bits per heavy atom. The molecule has 0 saturated carbocycles. The van der Waals surface area contributed by atoms with Crippen molar-refractivity contribution in [1.29, 1.82) is 0 Å². The zero-order chi connectivity index (χ0) is 17.8. The molecule has 1 amide bonds. The molecule has 1 atom stereocenters. The average Bonchev–Trinajstić information content (AvgIpc) is 2.99. The Hall–Kier alpha value is -3.22. The van der Waals surface area contributed by atoms with E-state index in [1.165, 1.54) is 24.3 Å².